The molecule has 1 aliphatic rings. The Labute approximate surface area is 97.6 Å². The van der Waals surface area contributed by atoms with Gasteiger partial charge in [0.15, 0.2) is 0 Å². The molecule has 1 aromatic rings. The molecule has 0 aromatic heterocycles. The van der Waals surface area contributed by atoms with Crippen molar-refractivity contribution in [1.82, 2.24) is 0 Å². The van der Waals surface area contributed by atoms with E-state index in [9.17, 15) is 0 Å². The van der Waals surface area contributed by atoms with Crippen molar-refractivity contribution in [2.75, 3.05) is 5.75 Å². The van der Waals surface area contributed by atoms with Crippen molar-refractivity contribution in [1.29, 1.82) is 0 Å². The van der Waals surface area contributed by atoms with Crippen LogP contribution >= 0.6 is 34.4 Å². The lowest BCUT2D eigenvalue weighted by Gasteiger charge is -2.32. The number of fused-ring (bicyclic) bond motifs is 1. The van der Waals surface area contributed by atoms with E-state index < -0.39 is 0 Å². The van der Waals surface area contributed by atoms with E-state index >= 15 is 0 Å². The summed E-state index contributed by atoms with van der Waals surface area (Å²) in [6.07, 6.45) is 1.30. The SMILES string of the molecule is CC1(C)CCSc2ccc(I)cc21. The molecule has 1 heterocycles. The maximum atomic E-state index is 2.39. The van der Waals surface area contributed by atoms with E-state index in [4.69, 9.17) is 0 Å². The number of halogens is 1. The average molecular weight is 304 g/mol. The van der Waals surface area contributed by atoms with Gasteiger partial charge in [0.05, 0.1) is 0 Å². The second-order valence-corrected chi connectivity index (χ2v) is 6.51. The predicted octanol–water partition coefficient (Wildman–Crippen LogP) is 4.06. The summed E-state index contributed by atoms with van der Waals surface area (Å²) in [6.45, 7) is 4.70. The Morgan fingerprint density at radius 1 is 1.38 bits per heavy atom. The average Bonchev–Trinajstić information content (AvgIpc) is 2.06. The molecule has 2 rings (SSSR count). The minimum Gasteiger partial charge on any atom is -0.126 e. The Hall–Kier alpha value is 0.300. The predicted molar refractivity (Wildman–Crippen MR) is 67.5 cm³/mol. The second kappa shape index (κ2) is 3.46. The van der Waals surface area contributed by atoms with Crippen molar-refractivity contribution in [2.24, 2.45) is 0 Å². The van der Waals surface area contributed by atoms with Gasteiger partial charge in [0.25, 0.3) is 0 Å². The molecule has 0 nitrogen and oxygen atoms in total. The Bertz CT molecular complexity index is 331. The van der Waals surface area contributed by atoms with Crippen LogP contribution in [0, 0.1) is 3.57 Å². The van der Waals surface area contributed by atoms with Gasteiger partial charge in [0, 0.05) is 8.47 Å². The molecule has 0 amide bonds. The monoisotopic (exact) mass is 304 g/mol. The quantitative estimate of drug-likeness (QED) is 0.651. The molecular weight excluding hydrogens is 291 g/mol. The minimum absolute atomic E-state index is 0.377. The van der Waals surface area contributed by atoms with Crippen LogP contribution in [-0.4, -0.2) is 5.75 Å². The van der Waals surface area contributed by atoms with Crippen molar-refractivity contribution < 1.29 is 0 Å². The van der Waals surface area contributed by atoms with Crippen LogP contribution in [0.4, 0.5) is 0 Å². The van der Waals surface area contributed by atoms with E-state index in [0.29, 0.717) is 5.41 Å². The maximum absolute atomic E-state index is 2.39. The fraction of sp³-hybridized carbons (Fsp3) is 0.455. The molecule has 0 fully saturated rings. The van der Waals surface area contributed by atoms with Crippen LogP contribution in [0.5, 0.6) is 0 Å². The van der Waals surface area contributed by atoms with Crippen LogP contribution in [0.3, 0.4) is 0 Å². The van der Waals surface area contributed by atoms with Gasteiger partial charge < -0.3 is 0 Å². The van der Waals surface area contributed by atoms with E-state index in [1.807, 2.05) is 11.8 Å². The summed E-state index contributed by atoms with van der Waals surface area (Å²) < 4.78 is 1.35. The summed E-state index contributed by atoms with van der Waals surface area (Å²) in [7, 11) is 0. The van der Waals surface area contributed by atoms with E-state index in [1.54, 1.807) is 0 Å². The molecule has 0 atom stereocenters. The lowest BCUT2D eigenvalue weighted by Crippen LogP contribution is -2.22. The third-order valence-electron chi connectivity index (χ3n) is 2.66. The Balaban J connectivity index is 2.55. The molecule has 0 saturated carbocycles. The summed E-state index contributed by atoms with van der Waals surface area (Å²) in [5.41, 5.74) is 1.91. The van der Waals surface area contributed by atoms with Gasteiger partial charge in [0.2, 0.25) is 0 Å². The van der Waals surface area contributed by atoms with Gasteiger partial charge in [-0.3, -0.25) is 0 Å². The summed E-state index contributed by atoms with van der Waals surface area (Å²) in [5, 5.41) is 0. The van der Waals surface area contributed by atoms with E-state index in [0.717, 1.165) is 0 Å². The number of benzene rings is 1. The third-order valence-corrected chi connectivity index (χ3v) is 4.40. The van der Waals surface area contributed by atoms with Crippen LogP contribution in [0.2, 0.25) is 0 Å². The standard InChI is InChI=1S/C11H13IS/c1-11(2)5-6-13-10-4-3-8(12)7-9(10)11/h3-4,7H,5-6H2,1-2H3. The van der Waals surface area contributed by atoms with Crippen LogP contribution in [0.1, 0.15) is 25.8 Å². The van der Waals surface area contributed by atoms with Crippen LogP contribution in [0.15, 0.2) is 23.1 Å². The highest BCUT2D eigenvalue weighted by Gasteiger charge is 2.27. The van der Waals surface area contributed by atoms with Gasteiger partial charge >= 0.3 is 0 Å². The summed E-state index contributed by atoms with van der Waals surface area (Å²) >= 11 is 4.39. The molecule has 0 radical (unpaired) electrons. The topological polar surface area (TPSA) is 0 Å². The number of thioether (sulfide) groups is 1. The molecule has 70 valence electrons. The molecule has 0 N–H and O–H groups in total. The highest BCUT2D eigenvalue weighted by molar-refractivity contribution is 14.1. The Morgan fingerprint density at radius 2 is 2.15 bits per heavy atom. The van der Waals surface area contributed by atoms with Crippen LogP contribution in [0.25, 0.3) is 0 Å². The molecule has 0 aliphatic carbocycles. The molecule has 0 unspecified atom stereocenters. The molecule has 0 saturated heterocycles. The van der Waals surface area contributed by atoms with E-state index in [-0.39, 0.29) is 0 Å². The fourth-order valence-electron chi connectivity index (χ4n) is 1.71. The van der Waals surface area contributed by atoms with Crippen LogP contribution in [-0.2, 0) is 5.41 Å². The number of hydrogen-bond donors (Lipinski definition) is 0. The lowest BCUT2D eigenvalue weighted by molar-refractivity contribution is 0.493. The molecule has 1 aromatic carbocycles. The summed E-state index contributed by atoms with van der Waals surface area (Å²) in [4.78, 5) is 1.48. The number of hydrogen-bond acceptors (Lipinski definition) is 1. The highest BCUT2D eigenvalue weighted by atomic mass is 127. The maximum Gasteiger partial charge on any atom is 0.0134 e. The molecule has 0 bridgehead atoms. The Kier molecular flexibility index (Phi) is 2.62. The summed E-state index contributed by atoms with van der Waals surface area (Å²) in [5.74, 6) is 1.26. The van der Waals surface area contributed by atoms with E-state index in [1.165, 1.54) is 26.2 Å². The zero-order valence-electron chi connectivity index (χ0n) is 7.93. The fourth-order valence-corrected chi connectivity index (χ4v) is 3.69. The van der Waals surface area contributed by atoms with Gasteiger partial charge in [-0.1, -0.05) is 13.8 Å². The lowest BCUT2D eigenvalue weighted by atomic mass is 9.82. The van der Waals surface area contributed by atoms with Crippen molar-refractivity contribution >= 4 is 34.4 Å². The second-order valence-electron chi connectivity index (χ2n) is 4.12. The van der Waals surface area contributed by atoms with Gasteiger partial charge in [-0.15, -0.1) is 11.8 Å². The Morgan fingerprint density at radius 3 is 2.92 bits per heavy atom. The van der Waals surface area contributed by atoms with Gasteiger partial charge in [0.1, 0.15) is 0 Å². The molecule has 1 aliphatic heterocycles. The van der Waals surface area contributed by atoms with Gasteiger partial charge in [-0.05, 0) is 63.9 Å². The molecule has 2 heteroatoms. The first-order chi connectivity index (χ1) is 6.09. The normalized spacial score (nSPS) is 19.6. The smallest absolute Gasteiger partial charge is 0.0134 e. The molecular formula is C11H13IS. The first kappa shape index (κ1) is 9.84. The zero-order chi connectivity index (χ0) is 9.47. The minimum atomic E-state index is 0.377. The van der Waals surface area contributed by atoms with Crippen molar-refractivity contribution in [3.8, 4) is 0 Å². The van der Waals surface area contributed by atoms with Crippen molar-refractivity contribution in [3.63, 3.8) is 0 Å². The third kappa shape index (κ3) is 1.89. The molecule has 0 spiro atoms. The largest absolute Gasteiger partial charge is 0.126 e. The van der Waals surface area contributed by atoms with Gasteiger partial charge in [-0.25, -0.2) is 0 Å². The highest BCUT2D eigenvalue weighted by Crippen LogP contribution is 2.41. The van der Waals surface area contributed by atoms with E-state index in [2.05, 4.69) is 54.6 Å². The zero-order valence-corrected chi connectivity index (χ0v) is 10.9. The van der Waals surface area contributed by atoms with Gasteiger partial charge in [-0.2, -0.15) is 0 Å². The molecule has 13 heavy (non-hydrogen) atoms. The summed E-state index contributed by atoms with van der Waals surface area (Å²) in [6, 6.07) is 6.80. The van der Waals surface area contributed by atoms with Crippen molar-refractivity contribution in [3.05, 3.63) is 27.3 Å². The van der Waals surface area contributed by atoms with Crippen LogP contribution < -0.4 is 0 Å². The number of rotatable bonds is 0. The first-order valence-electron chi connectivity index (χ1n) is 4.52. The van der Waals surface area contributed by atoms with Crippen molar-refractivity contribution in [2.45, 2.75) is 30.6 Å². The first-order valence-corrected chi connectivity index (χ1v) is 6.59.